The Kier molecular flexibility index (Phi) is 2.25. The third kappa shape index (κ3) is 1.98. The largest absolute Gasteiger partial charge is 0.263 e. The Hall–Kier alpha value is -0.470. The highest BCUT2D eigenvalue weighted by Crippen LogP contribution is 2.19. The van der Waals surface area contributed by atoms with Gasteiger partial charge in [-0.2, -0.15) is 0 Å². The monoisotopic (exact) mass is 188 g/mol. The number of benzene rings is 1. The molecule has 0 aliphatic heterocycles. The van der Waals surface area contributed by atoms with Crippen LogP contribution in [0.5, 0.6) is 0 Å². The van der Waals surface area contributed by atoms with Crippen LogP contribution in [-0.4, -0.2) is 16.3 Å². The summed E-state index contributed by atoms with van der Waals surface area (Å²) >= 11 is 5.79. The Labute approximate surface area is 72.0 Å². The first-order chi connectivity index (χ1) is 5.02. The molecular formula is C8H9ClOS. The average molecular weight is 189 g/mol. The molecule has 0 aliphatic carbocycles. The minimum absolute atomic E-state index is 0.523. The van der Waals surface area contributed by atoms with Gasteiger partial charge in [-0.25, -0.2) is 0 Å². The minimum Gasteiger partial charge on any atom is -0.263 e. The van der Waals surface area contributed by atoms with Crippen molar-refractivity contribution in [3.63, 3.8) is 0 Å². The first-order valence-corrected chi connectivity index (χ1v) is 5.60. The van der Waals surface area contributed by atoms with Gasteiger partial charge in [0.05, 0.1) is 5.02 Å². The molecule has 0 aromatic heterocycles. The average Bonchev–Trinajstić information content (AvgIpc) is 1.86. The summed E-state index contributed by atoms with van der Waals surface area (Å²) in [6.07, 6.45) is 1.58. The van der Waals surface area contributed by atoms with Crippen molar-refractivity contribution in [1.82, 2.24) is 0 Å². The fourth-order valence-electron chi connectivity index (χ4n) is 0.795. The lowest BCUT2D eigenvalue weighted by molar-refractivity contribution is 0.685. The summed E-state index contributed by atoms with van der Waals surface area (Å²) in [4.78, 5) is 0.627. The quantitative estimate of drug-likeness (QED) is 0.617. The van der Waals surface area contributed by atoms with Crippen LogP contribution in [0.15, 0.2) is 29.2 Å². The fourth-order valence-corrected chi connectivity index (χ4v) is 2.27. The molecule has 0 bridgehead atoms. The highest BCUT2D eigenvalue weighted by molar-refractivity contribution is 7.99. The van der Waals surface area contributed by atoms with Crippen LogP contribution in [0.1, 0.15) is 0 Å². The SMILES string of the molecule is C=S(C)(=O)c1ccccc1Cl. The van der Waals surface area contributed by atoms with Gasteiger partial charge in [0.15, 0.2) is 0 Å². The molecule has 0 saturated carbocycles. The molecule has 3 heteroatoms. The summed E-state index contributed by atoms with van der Waals surface area (Å²) in [6, 6.07) is 7.05. The van der Waals surface area contributed by atoms with E-state index in [1.807, 2.05) is 0 Å². The van der Waals surface area contributed by atoms with E-state index in [2.05, 4.69) is 5.87 Å². The van der Waals surface area contributed by atoms with Crippen molar-refractivity contribution in [2.45, 2.75) is 4.90 Å². The maximum absolute atomic E-state index is 11.4. The lowest BCUT2D eigenvalue weighted by Gasteiger charge is -2.03. The number of halogens is 1. The molecule has 0 amide bonds. The van der Waals surface area contributed by atoms with Gasteiger partial charge < -0.3 is 0 Å². The predicted molar refractivity (Wildman–Crippen MR) is 50.9 cm³/mol. The van der Waals surface area contributed by atoms with Crippen molar-refractivity contribution in [3.8, 4) is 0 Å². The van der Waals surface area contributed by atoms with E-state index in [1.54, 1.807) is 30.5 Å². The Morgan fingerprint density at radius 2 is 2.00 bits per heavy atom. The first kappa shape index (κ1) is 8.62. The zero-order chi connectivity index (χ0) is 8.48. The zero-order valence-electron chi connectivity index (χ0n) is 6.21. The summed E-state index contributed by atoms with van der Waals surface area (Å²) in [7, 11) is -2.17. The molecule has 0 heterocycles. The summed E-state index contributed by atoms with van der Waals surface area (Å²) in [6.45, 7) is 0. The molecule has 0 spiro atoms. The molecule has 0 N–H and O–H groups in total. The maximum atomic E-state index is 11.4. The topological polar surface area (TPSA) is 17.1 Å². The Morgan fingerprint density at radius 3 is 2.36 bits per heavy atom. The zero-order valence-corrected chi connectivity index (χ0v) is 7.78. The Bertz CT molecular complexity index is 354. The first-order valence-electron chi connectivity index (χ1n) is 3.08. The van der Waals surface area contributed by atoms with Crippen LogP contribution >= 0.6 is 11.6 Å². The molecule has 0 radical (unpaired) electrons. The molecule has 0 saturated heterocycles. The standard InChI is InChI=1S/C8H9ClOS/c1-11(2,10)8-6-4-3-5-7(8)9/h3-6H,1H2,2H3. The van der Waals surface area contributed by atoms with Crippen molar-refractivity contribution >= 4 is 27.0 Å². The Morgan fingerprint density at radius 1 is 1.45 bits per heavy atom. The lowest BCUT2D eigenvalue weighted by atomic mass is 10.4. The molecule has 1 aromatic rings. The summed E-state index contributed by atoms with van der Waals surface area (Å²) in [5, 5.41) is 0.523. The molecule has 1 aromatic carbocycles. The summed E-state index contributed by atoms with van der Waals surface area (Å²) < 4.78 is 11.4. The van der Waals surface area contributed by atoms with Crippen LogP contribution in [0.25, 0.3) is 0 Å². The molecule has 60 valence electrons. The molecule has 1 atom stereocenters. The van der Waals surface area contributed by atoms with E-state index in [0.29, 0.717) is 9.92 Å². The van der Waals surface area contributed by atoms with Gasteiger partial charge in [0.2, 0.25) is 0 Å². The third-order valence-electron chi connectivity index (χ3n) is 1.30. The van der Waals surface area contributed by atoms with Gasteiger partial charge in [-0.3, -0.25) is 4.21 Å². The summed E-state index contributed by atoms with van der Waals surface area (Å²) in [5.74, 6) is 3.54. The molecule has 11 heavy (non-hydrogen) atoms. The second kappa shape index (κ2) is 2.88. The van der Waals surface area contributed by atoms with Crippen molar-refractivity contribution in [2.24, 2.45) is 0 Å². The highest BCUT2D eigenvalue weighted by Gasteiger charge is 2.03. The van der Waals surface area contributed by atoms with Crippen molar-refractivity contribution < 1.29 is 4.21 Å². The third-order valence-corrected chi connectivity index (χ3v) is 3.03. The van der Waals surface area contributed by atoms with Gasteiger partial charge in [-0.05, 0) is 27.5 Å². The molecule has 0 fully saturated rings. The van der Waals surface area contributed by atoms with Crippen LogP contribution in [0.2, 0.25) is 5.02 Å². The van der Waals surface area contributed by atoms with Crippen LogP contribution < -0.4 is 0 Å². The van der Waals surface area contributed by atoms with Gasteiger partial charge in [-0.1, -0.05) is 23.7 Å². The maximum Gasteiger partial charge on any atom is 0.0561 e. The molecule has 0 aliphatic rings. The predicted octanol–water partition coefficient (Wildman–Crippen LogP) is 2.05. The van der Waals surface area contributed by atoms with Crippen LogP contribution in [-0.2, 0) is 9.52 Å². The van der Waals surface area contributed by atoms with Gasteiger partial charge >= 0.3 is 0 Å². The van der Waals surface area contributed by atoms with E-state index in [0.717, 1.165) is 0 Å². The lowest BCUT2D eigenvalue weighted by Crippen LogP contribution is -1.96. The van der Waals surface area contributed by atoms with E-state index in [-0.39, 0.29) is 0 Å². The van der Waals surface area contributed by atoms with E-state index in [1.165, 1.54) is 0 Å². The van der Waals surface area contributed by atoms with E-state index < -0.39 is 9.52 Å². The molecular weight excluding hydrogens is 180 g/mol. The molecule has 1 rings (SSSR count). The van der Waals surface area contributed by atoms with E-state index in [4.69, 9.17) is 11.6 Å². The Balaban J connectivity index is 3.37. The van der Waals surface area contributed by atoms with Gasteiger partial charge in [0.1, 0.15) is 0 Å². The van der Waals surface area contributed by atoms with Gasteiger partial charge in [-0.15, -0.1) is 0 Å². The minimum atomic E-state index is -2.17. The van der Waals surface area contributed by atoms with Crippen molar-refractivity contribution in [1.29, 1.82) is 0 Å². The number of hydrogen-bond acceptors (Lipinski definition) is 1. The second-order valence-electron chi connectivity index (χ2n) is 2.44. The van der Waals surface area contributed by atoms with Gasteiger partial charge in [0.25, 0.3) is 0 Å². The smallest absolute Gasteiger partial charge is 0.0561 e. The van der Waals surface area contributed by atoms with E-state index in [9.17, 15) is 4.21 Å². The molecule has 1 unspecified atom stereocenters. The van der Waals surface area contributed by atoms with E-state index >= 15 is 0 Å². The van der Waals surface area contributed by atoms with Crippen LogP contribution in [0, 0.1) is 0 Å². The highest BCUT2D eigenvalue weighted by atomic mass is 35.5. The van der Waals surface area contributed by atoms with Crippen molar-refractivity contribution in [2.75, 3.05) is 6.26 Å². The van der Waals surface area contributed by atoms with Crippen LogP contribution in [0.4, 0.5) is 0 Å². The molecule has 1 nitrogen and oxygen atoms in total. The number of rotatable bonds is 1. The van der Waals surface area contributed by atoms with Crippen LogP contribution in [0.3, 0.4) is 0 Å². The van der Waals surface area contributed by atoms with Crippen molar-refractivity contribution in [3.05, 3.63) is 29.3 Å². The summed E-state index contributed by atoms with van der Waals surface area (Å²) in [5.41, 5.74) is 0. The second-order valence-corrected chi connectivity index (χ2v) is 5.29. The number of hydrogen-bond donors (Lipinski definition) is 0. The normalized spacial score (nSPS) is 15.8. The van der Waals surface area contributed by atoms with Gasteiger partial charge in [0, 0.05) is 11.2 Å². The fraction of sp³-hybridized carbons (Fsp3) is 0.125.